The van der Waals surface area contributed by atoms with Crippen LogP contribution in [0.4, 0.5) is 0 Å². The molecule has 0 bridgehead atoms. The number of hydrazone groups is 1. The molecule has 0 spiro atoms. The van der Waals surface area contributed by atoms with Crippen LogP contribution >= 0.6 is 7.82 Å². The van der Waals surface area contributed by atoms with Crippen LogP contribution in [0, 0.1) is 10.8 Å². The molecule has 1 amide bonds. The maximum absolute atomic E-state index is 14.1. The van der Waals surface area contributed by atoms with Crippen LogP contribution < -0.4 is 20.8 Å². The van der Waals surface area contributed by atoms with Gasteiger partial charge in [0.2, 0.25) is 11.7 Å². The van der Waals surface area contributed by atoms with E-state index in [9.17, 15) is 59.0 Å². The number of carbonyl (C=O) groups is 5. The molecule has 3 aromatic rings. The number of phenols is 2. The summed E-state index contributed by atoms with van der Waals surface area (Å²) in [6.07, 6.45) is -2.02. The Morgan fingerprint density at radius 2 is 1.71 bits per heavy atom. The van der Waals surface area contributed by atoms with Gasteiger partial charge in [0.1, 0.15) is 54.9 Å². The second-order valence-corrected chi connectivity index (χ2v) is 23.8. The number of carbonyl (C=O) groups excluding carboxylic acids is 5. The number of aliphatic hydroxyl groups excluding tert-OH is 2. The van der Waals surface area contributed by atoms with Gasteiger partial charge in [0, 0.05) is 55.0 Å². The largest absolute Gasteiger partial charge is 0.756 e. The first kappa shape index (κ1) is 63.4. The summed E-state index contributed by atoms with van der Waals surface area (Å²) in [5.41, 5.74) is 2.53. The molecule has 8 N–H and O–H groups in total. The number of methoxy groups -OCH3 is 1. The van der Waals surface area contributed by atoms with Gasteiger partial charge in [-0.3, -0.25) is 33.2 Å². The second kappa shape index (κ2) is 26.0. The molecule has 2 heterocycles. The lowest BCUT2D eigenvalue weighted by atomic mass is 9.71. The van der Waals surface area contributed by atoms with E-state index >= 15 is 0 Å². The Morgan fingerprint density at radius 3 is 2.38 bits per heavy atom. The third kappa shape index (κ3) is 15.0. The number of phosphoric acid groups is 1. The minimum absolute atomic E-state index is 0.0170. The van der Waals surface area contributed by atoms with Crippen LogP contribution in [0.1, 0.15) is 141 Å². The van der Waals surface area contributed by atoms with Crippen molar-refractivity contribution in [3.63, 3.8) is 0 Å². The number of quaternary nitrogens is 1. The van der Waals surface area contributed by atoms with Gasteiger partial charge < -0.3 is 73.4 Å². The van der Waals surface area contributed by atoms with E-state index < -0.39 is 133 Å². The number of hydrogen-bond acceptors (Lipinski definition) is 23. The summed E-state index contributed by atoms with van der Waals surface area (Å²) in [5, 5.41) is 69.5. The minimum atomic E-state index is -4.60. The lowest BCUT2D eigenvalue weighted by Gasteiger charge is -2.43. The molecule has 1 aliphatic heterocycles. The molecule has 1 fully saturated rings. The number of nitrogens with zero attached hydrogens (tertiary/aromatic N) is 5. The first-order valence-corrected chi connectivity index (χ1v) is 27.9. The van der Waals surface area contributed by atoms with E-state index in [0.29, 0.717) is 48.9 Å². The van der Waals surface area contributed by atoms with Crippen LogP contribution in [0.2, 0.25) is 0 Å². The van der Waals surface area contributed by atoms with Crippen molar-refractivity contribution < 1.29 is 96.2 Å². The first-order valence-electron chi connectivity index (χ1n) is 26.4. The average Bonchev–Trinajstić information content (AvgIpc) is 3.95. The van der Waals surface area contributed by atoms with Gasteiger partial charge in [-0.25, -0.2) is 5.43 Å². The number of likely N-dealkylation sites (N-methyl/N-ethyl adjacent to an activating group) is 1. The van der Waals surface area contributed by atoms with Crippen molar-refractivity contribution in [3.05, 3.63) is 63.5 Å². The summed E-state index contributed by atoms with van der Waals surface area (Å²) >= 11 is 0. The molecule has 2 aromatic carbocycles. The molecule has 1 saturated heterocycles. The van der Waals surface area contributed by atoms with Crippen molar-refractivity contribution in [2.24, 2.45) is 21.7 Å². The van der Waals surface area contributed by atoms with Crippen LogP contribution in [-0.2, 0) is 66.5 Å². The summed E-state index contributed by atoms with van der Waals surface area (Å²) in [6, 6.07) is 3.54. The number of ether oxygens (including phenoxy) is 5. The number of unbranched alkanes of at least 4 members (excludes halogenated alkanes) is 2. The first-order chi connectivity index (χ1) is 37.5. The third-order valence-corrected chi connectivity index (χ3v) is 15.6. The number of phosphoric ester groups is 1. The zero-order valence-electron chi connectivity index (χ0n) is 46.7. The molecular weight excluding hydrogens is 1070 g/mol. The Hall–Kier alpha value is -5.77. The normalized spacial score (nSPS) is 22.8. The number of nitrogens with two attached hydrogens (primary N) is 1. The Kier molecular flexibility index (Phi) is 20.6. The summed E-state index contributed by atoms with van der Waals surface area (Å²) in [7, 11) is 2.36. The standard InChI is InChI=1S/C53H76N7O19P/c1-10-52(5,50(69)74-21-22-77-80(71,72)76-20-19-60(6,7)8)29-51(3,4)49(68)75-28-31-26-59(58-55-31)18-13-11-12-17-38(62)57-56-37(27-61)53(70)24-33-41(36(25-53)79-39-23-34(54)44(63)30(2)78-39)48(67)43-42(46(33)65)45(64)32-15-14-16-35(73-9)40(32)47(43)66/h14-16,26,30,34,36,39,44,61,63,70H,10-13,17-25,27-29,54H2,1-9H3,(H3-,55,57,58,62,64,65,66,67,71,72)/t30-,34-,36-,39-,44+,52?,53-/m0/s1. The third-order valence-electron chi connectivity index (χ3n) is 14.6. The number of nitrogens with one attached hydrogen (secondary N) is 1. The fourth-order valence-electron chi connectivity index (χ4n) is 9.98. The second-order valence-electron chi connectivity index (χ2n) is 22.4. The number of amides is 1. The zero-order chi connectivity index (χ0) is 59.1. The maximum atomic E-state index is 14.1. The van der Waals surface area contributed by atoms with E-state index in [2.05, 4.69) is 20.8 Å². The molecule has 26 nitrogen and oxygen atoms in total. The topological polar surface area (TPSA) is 372 Å². The number of aryl methyl sites for hydroxylation is 1. The van der Waals surface area contributed by atoms with Crippen molar-refractivity contribution in [1.29, 1.82) is 0 Å². The summed E-state index contributed by atoms with van der Waals surface area (Å²) in [6.45, 7) is 7.14. The Bertz CT molecular complexity index is 2840. The number of esters is 2. The quantitative estimate of drug-likeness (QED) is 0.00857. The number of aromatic hydroxyl groups is 2. The number of hydrogen-bond donors (Lipinski definition) is 7. The molecule has 80 heavy (non-hydrogen) atoms. The van der Waals surface area contributed by atoms with Crippen LogP contribution in [0.15, 0.2) is 29.5 Å². The molecular formula is C53H76N7O19P. The molecule has 27 heteroatoms. The molecule has 2 unspecified atom stereocenters. The highest BCUT2D eigenvalue weighted by Gasteiger charge is 2.50. The van der Waals surface area contributed by atoms with Gasteiger partial charge in [-0.05, 0) is 59.4 Å². The molecule has 442 valence electrons. The van der Waals surface area contributed by atoms with Crippen molar-refractivity contribution >= 4 is 42.9 Å². The molecule has 8 atom stereocenters. The molecule has 6 rings (SSSR count). The number of phenolic OH excluding ortho intramolecular Hbond substituents is 2. The fourth-order valence-corrected chi connectivity index (χ4v) is 10.7. The number of aromatic nitrogens is 3. The van der Waals surface area contributed by atoms with E-state index in [0.717, 1.165) is 0 Å². The highest BCUT2D eigenvalue weighted by Crippen LogP contribution is 2.53. The van der Waals surface area contributed by atoms with Gasteiger partial charge in [0.25, 0.3) is 7.82 Å². The fraction of sp³-hybridized carbons (Fsp3) is 0.623. The predicted molar refractivity (Wildman–Crippen MR) is 281 cm³/mol. The van der Waals surface area contributed by atoms with Gasteiger partial charge in [-0.2, -0.15) is 5.10 Å². The van der Waals surface area contributed by atoms with Crippen molar-refractivity contribution in [2.75, 3.05) is 61.2 Å². The Labute approximate surface area is 463 Å². The highest BCUT2D eigenvalue weighted by atomic mass is 31.2. The highest BCUT2D eigenvalue weighted by molar-refractivity contribution is 7.45. The van der Waals surface area contributed by atoms with Gasteiger partial charge in [0.05, 0.1) is 99.2 Å². The molecule has 1 aromatic heterocycles. The predicted octanol–water partition coefficient (Wildman–Crippen LogP) is 2.38. The van der Waals surface area contributed by atoms with Gasteiger partial charge in [-0.1, -0.05) is 30.7 Å². The van der Waals surface area contributed by atoms with Crippen molar-refractivity contribution in [2.45, 2.75) is 142 Å². The van der Waals surface area contributed by atoms with Gasteiger partial charge in [-0.15, -0.1) is 5.10 Å². The smallest absolute Gasteiger partial charge is 0.311 e. The average molecular weight is 1150 g/mol. The van der Waals surface area contributed by atoms with E-state index in [1.807, 2.05) is 21.1 Å². The monoisotopic (exact) mass is 1150 g/mol. The zero-order valence-corrected chi connectivity index (χ0v) is 47.6. The molecule has 0 radical (unpaired) electrons. The van der Waals surface area contributed by atoms with Crippen molar-refractivity contribution in [3.8, 4) is 17.2 Å². The Morgan fingerprint density at radius 1 is 1.01 bits per heavy atom. The minimum Gasteiger partial charge on any atom is -0.756 e. The van der Waals surface area contributed by atoms with Crippen molar-refractivity contribution in [1.82, 2.24) is 20.4 Å². The van der Waals surface area contributed by atoms with Gasteiger partial charge in [0.15, 0.2) is 12.1 Å². The number of ketones is 2. The number of fused-ring (bicyclic) bond motifs is 3. The lowest BCUT2D eigenvalue weighted by Crippen LogP contribution is -2.53. The summed E-state index contributed by atoms with van der Waals surface area (Å²) < 4.78 is 52.3. The Balaban J connectivity index is 1.01. The van der Waals surface area contributed by atoms with Gasteiger partial charge >= 0.3 is 11.9 Å². The van der Waals surface area contributed by atoms with Crippen LogP contribution in [-0.4, -0.2) is 171 Å². The van der Waals surface area contributed by atoms with E-state index in [1.165, 1.54) is 25.3 Å². The van der Waals surface area contributed by atoms with E-state index in [-0.39, 0.29) is 72.8 Å². The molecule has 0 saturated carbocycles. The maximum Gasteiger partial charge on any atom is 0.311 e. The number of benzene rings is 2. The van der Waals surface area contributed by atoms with Crippen LogP contribution in [0.25, 0.3) is 0 Å². The number of rotatable bonds is 27. The summed E-state index contributed by atoms with van der Waals surface area (Å²) in [5.74, 6) is -4.77. The molecule has 2 aliphatic carbocycles. The SMILES string of the molecule is CCC(C)(CC(C)(C)C(=O)OCc1cn(CCCCCC(=O)NN=C(CO)[C@]2(O)Cc3c(O)c4c(c(O)c3[C@@H](O[C@H]3C[C@H](N)[C@H](O)[C@H](C)O3)C2)C(=O)c2c(OC)cccc2C4=O)nn1)C(=O)OCCOP(=O)([O-])OCC[N+](C)(C)C. The van der Waals surface area contributed by atoms with E-state index in [1.54, 1.807) is 45.5 Å². The lowest BCUT2D eigenvalue weighted by molar-refractivity contribution is -0.870. The molecule has 3 aliphatic rings. The number of aliphatic hydroxyl groups is 3. The van der Waals surface area contributed by atoms with E-state index in [4.69, 9.17) is 38.5 Å². The summed E-state index contributed by atoms with van der Waals surface area (Å²) in [4.78, 5) is 79.8. The van der Waals surface area contributed by atoms with Crippen LogP contribution in [0.5, 0.6) is 17.2 Å². The van der Waals surface area contributed by atoms with Crippen LogP contribution in [0.3, 0.4) is 0 Å².